The maximum Gasteiger partial charge on any atom is 0.101 e. The molecule has 10 aromatic rings. The fraction of sp³-hybridized carbons (Fsp3) is 0. The van der Waals surface area contributed by atoms with Gasteiger partial charge in [0, 0.05) is 22.3 Å². The van der Waals surface area contributed by atoms with Gasteiger partial charge in [-0.1, -0.05) is 181 Å². The molecule has 0 aliphatic rings. The molecule has 0 fully saturated rings. The highest BCUT2D eigenvalue weighted by Gasteiger charge is 2.20. The molecule has 0 atom stereocenters. The average molecular weight is 727 g/mol. The van der Waals surface area contributed by atoms with Crippen LogP contribution in [0, 0.1) is 21.6 Å². The molecule has 0 spiro atoms. The zero-order valence-electron chi connectivity index (χ0n) is 28.8. The van der Waals surface area contributed by atoms with Crippen LogP contribution in [-0.4, -0.2) is 20.2 Å². The van der Waals surface area contributed by atoms with E-state index in [2.05, 4.69) is 84.9 Å². The number of hydrogen-bond acceptors (Lipinski definition) is 6. The Balaban J connectivity index is 1.11. The first-order valence-corrected chi connectivity index (χ1v) is 19.3. The van der Waals surface area contributed by atoms with Crippen LogP contribution in [0.4, 0.5) is 0 Å². The van der Waals surface area contributed by atoms with E-state index in [0.29, 0.717) is 20.2 Å². The van der Waals surface area contributed by atoms with Crippen LogP contribution >= 0.6 is 23.5 Å². The molecule has 0 bridgehead atoms. The molecule has 0 aliphatic heterocycles. The van der Waals surface area contributed by atoms with Gasteiger partial charge in [-0.25, -0.2) is 0 Å². The second-order valence-electron chi connectivity index (χ2n) is 13.6. The first-order chi connectivity index (χ1) is 26.4. The summed E-state index contributed by atoms with van der Waals surface area (Å²) >= 11 is 2.37. The van der Waals surface area contributed by atoms with Crippen molar-refractivity contribution in [3.05, 3.63) is 180 Å². The molecular weight excluding hydrogens is 697 g/mol. The van der Waals surface area contributed by atoms with Crippen molar-refractivity contribution < 1.29 is 0 Å². The Morgan fingerprint density at radius 3 is 1.00 bits per heavy atom. The summed E-state index contributed by atoms with van der Waals surface area (Å²) in [5.41, 5.74) is 5.56. The number of nitrogens with one attached hydrogen (secondary N) is 4. The van der Waals surface area contributed by atoms with Crippen molar-refractivity contribution in [3.8, 4) is 11.1 Å². The Bertz CT molecular complexity index is 2950. The number of hydrogen-bond donors (Lipinski definition) is 4. The van der Waals surface area contributed by atoms with E-state index in [1.807, 2.05) is 72.8 Å². The van der Waals surface area contributed by atoms with Gasteiger partial charge in [-0.15, -0.1) is 0 Å². The van der Waals surface area contributed by atoms with E-state index in [1.54, 1.807) is 0 Å². The Hall–Kier alpha value is -6.34. The van der Waals surface area contributed by atoms with Crippen molar-refractivity contribution in [2.24, 2.45) is 0 Å². The van der Waals surface area contributed by atoms with E-state index in [1.165, 1.54) is 34.3 Å². The number of benzene rings is 10. The van der Waals surface area contributed by atoms with Crippen LogP contribution in [0.25, 0.3) is 75.8 Å². The van der Waals surface area contributed by atoms with Crippen molar-refractivity contribution in [2.45, 2.75) is 0 Å². The van der Waals surface area contributed by atoms with Gasteiger partial charge in [0.15, 0.2) is 0 Å². The fourth-order valence-electron chi connectivity index (χ4n) is 8.08. The van der Waals surface area contributed by atoms with Gasteiger partial charge >= 0.3 is 0 Å². The smallest absolute Gasteiger partial charge is 0.101 e. The highest BCUT2D eigenvalue weighted by Crippen LogP contribution is 2.45. The fourth-order valence-corrected chi connectivity index (χ4v) is 9.57. The summed E-state index contributed by atoms with van der Waals surface area (Å²) < 4.78 is 0. The molecule has 0 amide bonds. The summed E-state index contributed by atoms with van der Waals surface area (Å²) in [6.07, 6.45) is 0. The monoisotopic (exact) mass is 726 g/mol. The highest BCUT2D eigenvalue weighted by atomic mass is 32.2. The third-order valence-corrected chi connectivity index (χ3v) is 12.3. The largest absolute Gasteiger partial charge is 0.293 e. The molecule has 10 rings (SSSR count). The third-order valence-electron chi connectivity index (χ3n) is 10.6. The Morgan fingerprint density at radius 1 is 0.296 bits per heavy atom. The molecule has 4 N–H and O–H groups in total. The molecule has 0 saturated heterocycles. The average Bonchev–Trinajstić information content (AvgIpc) is 3.22. The lowest BCUT2D eigenvalue weighted by atomic mass is 9.85. The second kappa shape index (κ2) is 12.7. The van der Waals surface area contributed by atoms with E-state index in [0.717, 1.165) is 87.2 Å². The van der Waals surface area contributed by atoms with Gasteiger partial charge in [-0.2, -0.15) is 0 Å². The Kier molecular flexibility index (Phi) is 7.58. The second-order valence-corrected chi connectivity index (χ2v) is 15.6. The molecule has 0 radical (unpaired) electrons. The van der Waals surface area contributed by atoms with Crippen molar-refractivity contribution >= 4 is 108 Å². The van der Waals surface area contributed by atoms with Crippen molar-refractivity contribution in [3.63, 3.8) is 0 Å². The molecule has 0 heterocycles. The lowest BCUT2D eigenvalue weighted by molar-refractivity contribution is 1.52. The molecule has 0 aliphatic carbocycles. The summed E-state index contributed by atoms with van der Waals surface area (Å²) in [4.78, 5) is 0. The minimum Gasteiger partial charge on any atom is -0.293 e. The predicted octanol–water partition coefficient (Wildman–Crippen LogP) is 13.3. The normalized spacial score (nSPS) is 11.8. The molecule has 6 heteroatoms. The topological polar surface area (TPSA) is 95.4 Å². The van der Waals surface area contributed by atoms with Crippen molar-refractivity contribution in [1.29, 1.82) is 21.6 Å². The van der Waals surface area contributed by atoms with E-state index in [9.17, 15) is 0 Å². The molecule has 254 valence electrons. The van der Waals surface area contributed by atoms with Crippen LogP contribution in [0.5, 0.6) is 0 Å². The summed E-state index contributed by atoms with van der Waals surface area (Å²) in [6, 6.07) is 53.8. The lowest BCUT2D eigenvalue weighted by Crippen LogP contribution is -2.02. The van der Waals surface area contributed by atoms with Gasteiger partial charge < -0.3 is 0 Å². The minimum absolute atomic E-state index is 0.358. The van der Waals surface area contributed by atoms with Gasteiger partial charge in [-0.3, -0.25) is 21.6 Å². The molecule has 4 nitrogen and oxygen atoms in total. The van der Waals surface area contributed by atoms with Crippen LogP contribution in [-0.2, 0) is 0 Å². The van der Waals surface area contributed by atoms with E-state index < -0.39 is 0 Å². The van der Waals surface area contributed by atoms with Crippen molar-refractivity contribution in [1.82, 2.24) is 0 Å². The van der Waals surface area contributed by atoms with Crippen LogP contribution in [0.2, 0.25) is 0 Å². The summed E-state index contributed by atoms with van der Waals surface area (Å²) in [5, 5.41) is 50.6. The number of rotatable bonds is 5. The van der Waals surface area contributed by atoms with Crippen LogP contribution < -0.4 is 0 Å². The molecule has 0 unspecified atom stereocenters. The predicted molar refractivity (Wildman–Crippen MR) is 235 cm³/mol. The van der Waals surface area contributed by atoms with Gasteiger partial charge in [0.05, 0.1) is 0 Å². The van der Waals surface area contributed by atoms with Crippen LogP contribution in [0.15, 0.2) is 158 Å². The van der Waals surface area contributed by atoms with Crippen LogP contribution in [0.3, 0.4) is 0 Å². The minimum atomic E-state index is 0.358. The maximum absolute atomic E-state index is 9.11. The quantitative estimate of drug-likeness (QED) is 0.0807. The number of thioether (sulfide) groups is 2. The van der Waals surface area contributed by atoms with Gasteiger partial charge in [-0.05, 0) is 75.8 Å². The van der Waals surface area contributed by atoms with E-state index in [4.69, 9.17) is 21.6 Å². The molecule has 0 aromatic heterocycles. The third kappa shape index (κ3) is 5.10. The van der Waals surface area contributed by atoms with Crippen LogP contribution in [0.1, 0.15) is 22.3 Å². The summed E-state index contributed by atoms with van der Waals surface area (Å²) in [6.45, 7) is 0. The lowest BCUT2D eigenvalue weighted by Gasteiger charge is -2.19. The SMILES string of the molecule is N=C(SC(=N)c1ccc2ccc3c(-c4ccc5ccc6c(C(=N)SC(=N)c7ccccc7)ccc7ccc4c5c76)ccc4ccc1c2c43)c1ccccc1. The summed E-state index contributed by atoms with van der Waals surface area (Å²) in [7, 11) is 0. The van der Waals surface area contributed by atoms with Crippen molar-refractivity contribution in [2.75, 3.05) is 0 Å². The zero-order valence-corrected chi connectivity index (χ0v) is 30.5. The van der Waals surface area contributed by atoms with E-state index >= 15 is 0 Å². The van der Waals surface area contributed by atoms with Gasteiger partial charge in [0.2, 0.25) is 0 Å². The molecular formula is C48H30N4S2. The zero-order chi connectivity index (χ0) is 36.5. The van der Waals surface area contributed by atoms with Gasteiger partial charge in [0.1, 0.15) is 20.2 Å². The molecule has 0 saturated carbocycles. The summed E-state index contributed by atoms with van der Waals surface area (Å²) in [5.74, 6) is 0. The first kappa shape index (κ1) is 32.3. The van der Waals surface area contributed by atoms with E-state index in [-0.39, 0.29) is 0 Å². The molecule has 54 heavy (non-hydrogen) atoms. The highest BCUT2D eigenvalue weighted by molar-refractivity contribution is 8.27. The maximum atomic E-state index is 9.11. The standard InChI is InChI=1S/C48H30N4S2/c49-45(31-7-3-1-4-8-31)53-47(51)39-25-17-29-13-21-35-33(19-11-27-15-23-37(39)43(29)41(27)35)34-20-12-28-16-24-38-40(26-18-30-14-22-36(34)42(28)44(30)38)48(52)54-46(50)32-9-5-2-6-10-32/h1-26,49-52H. The Labute approximate surface area is 319 Å². The first-order valence-electron chi connectivity index (χ1n) is 17.7. The van der Waals surface area contributed by atoms with Gasteiger partial charge in [0.25, 0.3) is 0 Å². The Morgan fingerprint density at radius 2 is 0.611 bits per heavy atom. The molecule has 10 aromatic carbocycles.